The summed E-state index contributed by atoms with van der Waals surface area (Å²) in [7, 11) is 1.64. The van der Waals surface area contributed by atoms with Gasteiger partial charge in [0.1, 0.15) is 11.1 Å². The van der Waals surface area contributed by atoms with Crippen molar-refractivity contribution >= 4 is 35.2 Å². The van der Waals surface area contributed by atoms with Crippen LogP contribution >= 0.6 is 23.4 Å². The van der Waals surface area contributed by atoms with Crippen LogP contribution in [-0.2, 0) is 4.79 Å². The van der Waals surface area contributed by atoms with Crippen LogP contribution in [0.4, 0.5) is 0 Å². The molecule has 5 nitrogen and oxygen atoms in total. The van der Waals surface area contributed by atoms with Crippen LogP contribution in [0.3, 0.4) is 0 Å². The molecule has 0 N–H and O–H groups in total. The van der Waals surface area contributed by atoms with E-state index in [-0.39, 0.29) is 28.5 Å². The predicted molar refractivity (Wildman–Crippen MR) is 122 cm³/mol. The van der Waals surface area contributed by atoms with Crippen molar-refractivity contribution in [2.75, 3.05) is 20.2 Å². The Morgan fingerprint density at radius 2 is 1.87 bits per heavy atom. The molecule has 3 rings (SSSR count). The van der Waals surface area contributed by atoms with Crippen molar-refractivity contribution < 1.29 is 14.3 Å². The van der Waals surface area contributed by atoms with Crippen LogP contribution in [0.2, 0.25) is 5.02 Å². The summed E-state index contributed by atoms with van der Waals surface area (Å²) < 4.78 is 5.52. The van der Waals surface area contributed by atoms with Gasteiger partial charge in [-0.15, -0.1) is 11.8 Å². The maximum Gasteiger partial charge on any atom is 0.255 e. The predicted octanol–water partition coefficient (Wildman–Crippen LogP) is 4.86. The van der Waals surface area contributed by atoms with Gasteiger partial charge < -0.3 is 14.5 Å². The van der Waals surface area contributed by atoms with E-state index in [1.54, 1.807) is 48.0 Å². The summed E-state index contributed by atoms with van der Waals surface area (Å²) in [4.78, 5) is 29.6. The minimum Gasteiger partial charge on any atom is -0.496 e. The molecule has 0 aliphatic carbocycles. The summed E-state index contributed by atoms with van der Waals surface area (Å²) in [5, 5.41) is 0.140. The number of para-hydroxylation sites is 1. The van der Waals surface area contributed by atoms with Gasteiger partial charge in [0.25, 0.3) is 5.91 Å². The number of halogens is 1. The van der Waals surface area contributed by atoms with Gasteiger partial charge >= 0.3 is 0 Å². The molecule has 2 aromatic rings. The van der Waals surface area contributed by atoms with Gasteiger partial charge in [0, 0.05) is 24.7 Å². The van der Waals surface area contributed by atoms with Gasteiger partial charge in [-0.25, -0.2) is 0 Å². The number of ether oxygens (including phenoxy) is 1. The van der Waals surface area contributed by atoms with Crippen LogP contribution in [-0.4, -0.2) is 53.1 Å². The molecular weight excluding hydrogens is 420 g/mol. The van der Waals surface area contributed by atoms with Crippen molar-refractivity contribution in [2.24, 2.45) is 0 Å². The number of thioether (sulfide) groups is 1. The highest BCUT2D eigenvalue weighted by Gasteiger charge is 2.40. The molecule has 30 heavy (non-hydrogen) atoms. The highest BCUT2D eigenvalue weighted by molar-refractivity contribution is 8.01. The van der Waals surface area contributed by atoms with Gasteiger partial charge in [-0.05, 0) is 39.0 Å². The van der Waals surface area contributed by atoms with Crippen LogP contribution in [0.15, 0.2) is 48.5 Å². The number of hydrogen-bond donors (Lipinski definition) is 0. The molecule has 7 heteroatoms. The summed E-state index contributed by atoms with van der Waals surface area (Å²) in [6, 6.07) is 14.8. The third kappa shape index (κ3) is 4.60. The van der Waals surface area contributed by atoms with Crippen molar-refractivity contribution in [1.82, 2.24) is 9.80 Å². The molecule has 2 atom stereocenters. The van der Waals surface area contributed by atoms with E-state index in [0.717, 1.165) is 11.3 Å². The van der Waals surface area contributed by atoms with Crippen LogP contribution in [0.25, 0.3) is 0 Å². The first-order valence-corrected chi connectivity index (χ1v) is 11.3. The molecule has 0 bridgehead atoms. The number of benzene rings is 2. The van der Waals surface area contributed by atoms with E-state index in [1.807, 2.05) is 49.9 Å². The van der Waals surface area contributed by atoms with Crippen LogP contribution in [0, 0.1) is 0 Å². The normalized spacial score (nSPS) is 18.7. The van der Waals surface area contributed by atoms with Crippen molar-refractivity contribution in [3.8, 4) is 5.75 Å². The molecule has 1 fully saturated rings. The van der Waals surface area contributed by atoms with Crippen LogP contribution < -0.4 is 4.74 Å². The Morgan fingerprint density at radius 1 is 1.20 bits per heavy atom. The number of rotatable bonds is 7. The number of hydrogen-bond acceptors (Lipinski definition) is 4. The van der Waals surface area contributed by atoms with Gasteiger partial charge in [0.15, 0.2) is 0 Å². The summed E-state index contributed by atoms with van der Waals surface area (Å²) in [6.07, 6.45) is 0. The van der Waals surface area contributed by atoms with E-state index in [1.165, 1.54) is 0 Å². The lowest BCUT2D eigenvalue weighted by atomic mass is 10.1. The Balaban J connectivity index is 1.82. The average molecular weight is 447 g/mol. The van der Waals surface area contributed by atoms with Crippen molar-refractivity contribution in [2.45, 2.75) is 37.4 Å². The topological polar surface area (TPSA) is 49.9 Å². The fourth-order valence-corrected chi connectivity index (χ4v) is 5.16. The number of carbonyl (C=O) groups is 2. The molecule has 2 unspecified atom stereocenters. The zero-order chi connectivity index (χ0) is 21.8. The van der Waals surface area contributed by atoms with E-state index >= 15 is 0 Å². The standard InChI is InChI=1S/C23H27ClN2O3S/c1-15(2)25(22(28)17-9-5-7-11-19(17)24)13-14-26-21(27)16(3)30-23(26)18-10-6-8-12-20(18)29-4/h5-12,15-16,23H,13-14H2,1-4H3. The second-order valence-electron chi connectivity index (χ2n) is 7.48. The number of carbonyl (C=O) groups excluding carboxylic acids is 2. The van der Waals surface area contributed by atoms with Crippen LogP contribution in [0.1, 0.15) is 42.1 Å². The molecule has 1 aliphatic rings. The molecule has 1 saturated heterocycles. The smallest absolute Gasteiger partial charge is 0.255 e. The first kappa shape index (κ1) is 22.5. The fraction of sp³-hybridized carbons (Fsp3) is 0.391. The monoisotopic (exact) mass is 446 g/mol. The minimum atomic E-state index is -0.147. The van der Waals surface area contributed by atoms with Crippen molar-refractivity contribution in [3.05, 3.63) is 64.7 Å². The lowest BCUT2D eigenvalue weighted by Crippen LogP contribution is -2.44. The molecule has 0 spiro atoms. The first-order valence-electron chi connectivity index (χ1n) is 9.99. The highest BCUT2D eigenvalue weighted by atomic mass is 35.5. The second kappa shape index (κ2) is 9.75. The van der Waals surface area contributed by atoms with Gasteiger partial charge in [-0.3, -0.25) is 9.59 Å². The quantitative estimate of drug-likeness (QED) is 0.609. The third-order valence-corrected chi connectivity index (χ3v) is 6.93. The highest BCUT2D eigenvalue weighted by Crippen LogP contribution is 2.45. The Hall–Kier alpha value is -2.18. The maximum atomic E-state index is 13.1. The van der Waals surface area contributed by atoms with Gasteiger partial charge in [0.2, 0.25) is 5.91 Å². The van der Waals surface area contributed by atoms with Crippen molar-refractivity contribution in [1.29, 1.82) is 0 Å². The fourth-order valence-electron chi connectivity index (χ4n) is 3.61. The summed E-state index contributed by atoms with van der Waals surface area (Å²) >= 11 is 7.85. The Morgan fingerprint density at radius 3 is 2.53 bits per heavy atom. The zero-order valence-corrected chi connectivity index (χ0v) is 19.2. The second-order valence-corrected chi connectivity index (χ2v) is 9.31. The van der Waals surface area contributed by atoms with E-state index in [0.29, 0.717) is 23.7 Å². The molecule has 0 saturated carbocycles. The largest absolute Gasteiger partial charge is 0.496 e. The maximum absolute atomic E-state index is 13.1. The van der Waals surface area contributed by atoms with Crippen LogP contribution in [0.5, 0.6) is 5.75 Å². The Kier molecular flexibility index (Phi) is 7.32. The van der Waals surface area contributed by atoms with E-state index in [2.05, 4.69) is 0 Å². The minimum absolute atomic E-state index is 0.0266. The van der Waals surface area contributed by atoms with Gasteiger partial charge in [0.05, 0.1) is 22.9 Å². The van der Waals surface area contributed by atoms with Crippen molar-refractivity contribution in [3.63, 3.8) is 0 Å². The van der Waals surface area contributed by atoms with E-state index in [9.17, 15) is 9.59 Å². The molecule has 160 valence electrons. The number of nitrogens with zero attached hydrogens (tertiary/aromatic N) is 2. The Bertz CT molecular complexity index is 921. The zero-order valence-electron chi connectivity index (χ0n) is 17.7. The van der Waals surface area contributed by atoms with Gasteiger partial charge in [-0.1, -0.05) is 41.9 Å². The molecule has 0 aromatic heterocycles. The number of amides is 2. The molecular formula is C23H27ClN2O3S. The summed E-state index contributed by atoms with van der Waals surface area (Å²) in [5.41, 5.74) is 1.45. The average Bonchev–Trinajstić information content (AvgIpc) is 3.02. The lowest BCUT2D eigenvalue weighted by molar-refractivity contribution is -0.130. The van der Waals surface area contributed by atoms with E-state index < -0.39 is 0 Å². The number of methoxy groups -OCH3 is 1. The Labute approximate surface area is 187 Å². The molecule has 1 aliphatic heterocycles. The SMILES string of the molecule is COc1ccccc1C1SC(C)C(=O)N1CCN(C(=O)c1ccccc1Cl)C(C)C. The summed E-state index contributed by atoms with van der Waals surface area (Å²) in [5.74, 6) is 0.705. The lowest BCUT2D eigenvalue weighted by Gasteiger charge is -2.31. The molecule has 1 heterocycles. The van der Waals surface area contributed by atoms with E-state index in [4.69, 9.17) is 16.3 Å². The summed E-state index contributed by atoms with van der Waals surface area (Å²) in [6.45, 7) is 6.72. The molecule has 2 aromatic carbocycles. The third-order valence-electron chi connectivity index (χ3n) is 5.22. The molecule has 0 radical (unpaired) electrons. The van der Waals surface area contributed by atoms with Gasteiger partial charge in [-0.2, -0.15) is 0 Å². The molecule has 2 amide bonds. The first-order chi connectivity index (χ1) is 14.3.